The van der Waals surface area contributed by atoms with Crippen molar-refractivity contribution in [2.45, 2.75) is 129 Å². The molecule has 0 spiro atoms. The van der Waals surface area contributed by atoms with Gasteiger partial charge in [-0.2, -0.15) is 18.2 Å². The van der Waals surface area contributed by atoms with Crippen LogP contribution >= 0.6 is 0 Å². The van der Waals surface area contributed by atoms with Crippen molar-refractivity contribution in [3.05, 3.63) is 210 Å². The zero-order chi connectivity index (χ0) is 55.3. The summed E-state index contributed by atoms with van der Waals surface area (Å²) in [6.45, 7) is 26.0. The summed E-state index contributed by atoms with van der Waals surface area (Å²) in [4.78, 5) is 5.01. The monoisotopic (exact) mass is 1240 g/mol. The molecule has 0 radical (unpaired) electrons. The third-order valence-corrected chi connectivity index (χ3v) is 18.4. The second kappa shape index (κ2) is 18.8. The zero-order valence-electron chi connectivity index (χ0n) is 48.3. The molecule has 0 saturated carbocycles. The first-order valence-corrected chi connectivity index (χ1v) is 28.6. The number of furan rings is 1. The van der Waals surface area contributed by atoms with Crippen molar-refractivity contribution in [1.29, 1.82) is 0 Å². The second-order valence-electron chi connectivity index (χ2n) is 26.5. The molecule has 4 heterocycles. The Kier molecular flexibility index (Phi) is 12.2. The molecular weight excluding hydrogens is 1170 g/mol. The third kappa shape index (κ3) is 8.61. The van der Waals surface area contributed by atoms with Crippen LogP contribution in [0.25, 0.3) is 94.2 Å². The van der Waals surface area contributed by atoms with Gasteiger partial charge in [0, 0.05) is 49.5 Å². The number of fused-ring (bicyclic) bond motifs is 10. The van der Waals surface area contributed by atoms with E-state index in [0.717, 1.165) is 95.9 Å². The van der Waals surface area contributed by atoms with E-state index in [4.69, 9.17) is 14.1 Å². The van der Waals surface area contributed by atoms with Gasteiger partial charge >= 0.3 is 0 Å². The van der Waals surface area contributed by atoms with Crippen molar-refractivity contribution in [2.24, 2.45) is 0 Å². The summed E-state index contributed by atoms with van der Waals surface area (Å²) in [5.74, 6) is 1.91. The van der Waals surface area contributed by atoms with Crippen molar-refractivity contribution >= 4 is 54.8 Å². The second-order valence-corrected chi connectivity index (χ2v) is 26.5. The van der Waals surface area contributed by atoms with E-state index >= 15 is 0 Å². The number of pyridine rings is 1. The fourth-order valence-electron chi connectivity index (χ4n) is 13.4. The van der Waals surface area contributed by atoms with Crippen molar-refractivity contribution in [3.8, 4) is 50.9 Å². The van der Waals surface area contributed by atoms with E-state index in [9.17, 15) is 0 Å². The molecule has 0 amide bonds. The summed E-state index contributed by atoms with van der Waals surface area (Å²) in [7, 11) is 0. The fraction of sp³-hybridized carbons (Fsp3) is 0.270. The number of benzene rings is 8. The Bertz CT molecular complexity index is 4420. The molecule has 0 unspecified atom stereocenters. The minimum atomic E-state index is -0.0928. The average Bonchev–Trinajstić information content (AvgIpc) is 4.31. The molecule has 408 valence electrons. The number of nitrogens with zero attached hydrogens (tertiary/aromatic N) is 4. The van der Waals surface area contributed by atoms with Gasteiger partial charge in [-0.15, -0.1) is 29.7 Å². The van der Waals surface area contributed by atoms with Gasteiger partial charge < -0.3 is 18.3 Å². The van der Waals surface area contributed by atoms with E-state index in [0.29, 0.717) is 11.5 Å². The molecule has 0 atom stereocenters. The first kappa shape index (κ1) is 52.8. The third-order valence-electron chi connectivity index (χ3n) is 18.4. The number of hydrogen-bond acceptors (Lipinski definition) is 3. The van der Waals surface area contributed by atoms with Gasteiger partial charge in [0.05, 0.1) is 22.2 Å². The van der Waals surface area contributed by atoms with Gasteiger partial charge in [0.15, 0.2) is 5.58 Å². The van der Waals surface area contributed by atoms with E-state index in [2.05, 4.69) is 236 Å². The Balaban J connectivity index is 0.00000618. The quantitative estimate of drug-likeness (QED) is 0.118. The van der Waals surface area contributed by atoms with Gasteiger partial charge in [0.25, 0.3) is 6.33 Å². The Morgan fingerprint density at radius 2 is 1.15 bits per heavy atom. The van der Waals surface area contributed by atoms with Crippen LogP contribution in [0.4, 0.5) is 0 Å². The Morgan fingerprint density at radius 1 is 0.556 bits per heavy atom. The molecule has 8 aromatic carbocycles. The Labute approximate surface area is 490 Å². The standard InChI is InChI=1S/C74H68N4O2.Pt/c1-70(2,3)48-34-39-75-66(42-48)78-64-44-51(28-29-54(64)56-30-31-57-55-20-12-15-25-65(55)80-69(57)68(56)78)79-50-19-16-18-49(43-50)76-45-77(63-24-14-13-23-62(63)76)67-52(46-26-32-58-60(40-46)73(8,9)37-35-71(58,4)5)21-17-22-53(67)47-27-33-59-61(41-47)74(10,11)38-36-72(59,6)7;/h12-34,39-42H,35-38H2,1-11H3;/q-2;. The van der Waals surface area contributed by atoms with Gasteiger partial charge in [-0.1, -0.05) is 191 Å². The van der Waals surface area contributed by atoms with Crippen LogP contribution in [0.3, 0.4) is 0 Å². The first-order valence-electron chi connectivity index (χ1n) is 28.6. The van der Waals surface area contributed by atoms with E-state index in [1.807, 2.05) is 36.5 Å². The fourth-order valence-corrected chi connectivity index (χ4v) is 13.4. The zero-order valence-corrected chi connectivity index (χ0v) is 50.6. The van der Waals surface area contributed by atoms with Crippen LogP contribution < -0.4 is 9.30 Å². The minimum absolute atomic E-state index is 0. The summed E-state index contributed by atoms with van der Waals surface area (Å²) in [5, 5.41) is 4.21. The summed E-state index contributed by atoms with van der Waals surface area (Å²) in [6, 6.07) is 64.6. The van der Waals surface area contributed by atoms with Gasteiger partial charge in [-0.3, -0.25) is 4.57 Å². The van der Waals surface area contributed by atoms with E-state index in [-0.39, 0.29) is 48.1 Å². The topological polar surface area (TPSA) is 49.0 Å². The molecule has 14 rings (SSSR count). The number of imidazole rings is 1. The molecule has 0 saturated heterocycles. The van der Waals surface area contributed by atoms with Gasteiger partial charge in [0.1, 0.15) is 11.4 Å². The number of hydrogen-bond donors (Lipinski definition) is 0. The Hall–Kier alpha value is -7.53. The summed E-state index contributed by atoms with van der Waals surface area (Å²) >= 11 is 0. The first-order chi connectivity index (χ1) is 38.2. The number of rotatable bonds is 7. The van der Waals surface area contributed by atoms with Gasteiger partial charge in [-0.25, -0.2) is 4.98 Å². The molecule has 4 aromatic heterocycles. The number of aromatic nitrogens is 4. The summed E-state index contributed by atoms with van der Waals surface area (Å²) in [5.41, 5.74) is 19.3. The molecule has 2 aliphatic rings. The van der Waals surface area contributed by atoms with E-state index < -0.39 is 0 Å². The van der Waals surface area contributed by atoms with Crippen LogP contribution in [0.15, 0.2) is 168 Å². The predicted octanol–water partition coefficient (Wildman–Crippen LogP) is 18.8. The molecular formula is C74H68N4O2Pt-2. The van der Waals surface area contributed by atoms with Crippen molar-refractivity contribution < 1.29 is 34.8 Å². The van der Waals surface area contributed by atoms with Crippen molar-refractivity contribution in [2.75, 3.05) is 0 Å². The smallest absolute Gasteiger partial charge is 0.268 e. The molecule has 81 heavy (non-hydrogen) atoms. The molecule has 0 N–H and O–H groups in total. The van der Waals surface area contributed by atoms with Crippen LogP contribution in [0.1, 0.15) is 130 Å². The van der Waals surface area contributed by atoms with E-state index in [1.54, 1.807) is 0 Å². The molecule has 6 nitrogen and oxygen atoms in total. The molecule has 2 aliphatic carbocycles. The van der Waals surface area contributed by atoms with Crippen LogP contribution in [0.5, 0.6) is 11.5 Å². The largest absolute Gasteiger partial charge is 0.510 e. The molecule has 0 bridgehead atoms. The minimum Gasteiger partial charge on any atom is -0.510 e. The van der Waals surface area contributed by atoms with Crippen LogP contribution in [0.2, 0.25) is 0 Å². The van der Waals surface area contributed by atoms with Crippen molar-refractivity contribution in [1.82, 2.24) is 14.1 Å². The maximum atomic E-state index is 6.86. The molecule has 0 fully saturated rings. The van der Waals surface area contributed by atoms with Crippen LogP contribution in [0, 0.1) is 18.5 Å². The predicted molar refractivity (Wildman–Crippen MR) is 327 cm³/mol. The molecule has 12 aromatic rings. The summed E-state index contributed by atoms with van der Waals surface area (Å²) < 4.78 is 20.2. The SMILES string of the molecule is CC(C)(C)c1ccnc(-n2c3[c-]c(Oc4[c-]c(-n5[c-][n+](-c6c(-c7ccc8c(c7)C(C)(C)CCC8(C)C)cccc6-c6ccc7c(c6)C(C)(C)CCC7(C)C)c6ccccc65)ccc4)ccc3c3ccc4c5ccccc5oc4c32)c1.[Pt]. The number of para-hydroxylation sites is 4. The van der Waals surface area contributed by atoms with Gasteiger partial charge in [-0.05, 0) is 132 Å². The number of ether oxygens (including phenoxy) is 1. The molecule has 7 heteroatoms. The molecule has 0 aliphatic heterocycles. The maximum absolute atomic E-state index is 6.86. The maximum Gasteiger partial charge on any atom is 0.268 e. The van der Waals surface area contributed by atoms with E-state index in [1.165, 1.54) is 51.8 Å². The Morgan fingerprint density at radius 3 is 1.83 bits per heavy atom. The normalized spacial score (nSPS) is 16.2. The van der Waals surface area contributed by atoms with Crippen molar-refractivity contribution in [3.63, 3.8) is 0 Å². The average molecular weight is 1240 g/mol. The van der Waals surface area contributed by atoms with Crippen LogP contribution in [-0.2, 0) is 48.1 Å². The summed E-state index contributed by atoms with van der Waals surface area (Å²) in [6.07, 6.45) is 10.5. The van der Waals surface area contributed by atoms with Crippen LogP contribution in [-0.4, -0.2) is 14.1 Å². The van der Waals surface area contributed by atoms with Gasteiger partial charge in [0.2, 0.25) is 0 Å².